The number of carbonyl (C=O) groups excluding carboxylic acids is 1. The number of nitrogens with zero attached hydrogens (tertiary/aromatic N) is 3. The van der Waals surface area contributed by atoms with Gasteiger partial charge in [0.2, 0.25) is 17.6 Å². The number of nitrogens with one attached hydrogen (secondary N) is 1. The first-order chi connectivity index (χ1) is 16.4. The van der Waals surface area contributed by atoms with Crippen LogP contribution in [-0.4, -0.2) is 51.6 Å². The Morgan fingerprint density at radius 3 is 2.62 bits per heavy atom. The third-order valence-electron chi connectivity index (χ3n) is 7.02. The maximum atomic E-state index is 12.7. The highest BCUT2D eigenvalue weighted by atomic mass is 32.2. The van der Waals surface area contributed by atoms with Crippen molar-refractivity contribution in [3.63, 3.8) is 0 Å². The molecule has 34 heavy (non-hydrogen) atoms. The molecule has 2 aromatic rings. The topological polar surface area (TPSA) is 71.3 Å². The molecule has 6 nitrogen and oxygen atoms in total. The fourth-order valence-electron chi connectivity index (χ4n) is 4.94. The van der Waals surface area contributed by atoms with Crippen molar-refractivity contribution in [2.75, 3.05) is 25.4 Å². The Morgan fingerprint density at radius 1 is 1.12 bits per heavy atom. The Labute approximate surface area is 208 Å². The predicted molar refractivity (Wildman–Crippen MR) is 139 cm³/mol. The third kappa shape index (κ3) is 7.08. The number of likely N-dealkylation sites (tertiary alicyclic amines) is 1. The smallest absolute Gasteiger partial charge is 0.241 e. The van der Waals surface area contributed by atoms with E-state index in [2.05, 4.69) is 65.4 Å². The Bertz CT molecular complexity index is 915. The minimum absolute atomic E-state index is 0.0424. The zero-order valence-corrected chi connectivity index (χ0v) is 21.8. The third-order valence-corrected chi connectivity index (χ3v) is 8.40. The molecule has 1 amide bonds. The number of piperidine rings is 1. The lowest BCUT2D eigenvalue weighted by molar-refractivity contribution is -0.126. The summed E-state index contributed by atoms with van der Waals surface area (Å²) in [5.41, 5.74) is 2.36. The highest BCUT2D eigenvalue weighted by Crippen LogP contribution is 2.28. The molecule has 1 unspecified atom stereocenters. The highest BCUT2D eigenvalue weighted by molar-refractivity contribution is 7.99. The number of hydrogen-bond acceptors (Lipinski definition) is 6. The average Bonchev–Trinajstić information content (AvgIpc) is 3.30. The van der Waals surface area contributed by atoms with Gasteiger partial charge in [-0.1, -0.05) is 69.5 Å². The molecule has 2 fully saturated rings. The van der Waals surface area contributed by atoms with Crippen LogP contribution in [0.25, 0.3) is 11.4 Å². The van der Waals surface area contributed by atoms with Gasteiger partial charge in [-0.3, -0.25) is 9.69 Å². The van der Waals surface area contributed by atoms with Crippen LogP contribution in [0.2, 0.25) is 0 Å². The van der Waals surface area contributed by atoms with E-state index in [1.807, 2.05) is 11.8 Å². The molecule has 1 aliphatic carbocycles. The lowest BCUT2D eigenvalue weighted by Crippen LogP contribution is -2.43. The molecule has 1 saturated carbocycles. The first-order valence-electron chi connectivity index (χ1n) is 12.9. The summed E-state index contributed by atoms with van der Waals surface area (Å²) < 4.78 is 5.55. The van der Waals surface area contributed by atoms with Crippen LogP contribution in [0.4, 0.5) is 0 Å². The van der Waals surface area contributed by atoms with Crippen LogP contribution in [0.15, 0.2) is 28.8 Å². The Hall–Kier alpha value is -1.86. The van der Waals surface area contributed by atoms with E-state index in [9.17, 15) is 4.79 Å². The van der Waals surface area contributed by atoms with E-state index in [1.165, 1.54) is 37.7 Å². The van der Waals surface area contributed by atoms with Crippen LogP contribution >= 0.6 is 11.8 Å². The molecule has 1 N–H and O–H groups in total. The summed E-state index contributed by atoms with van der Waals surface area (Å²) in [4.78, 5) is 19.6. The normalized spacial score (nSPS) is 20.4. The molecule has 2 aliphatic rings. The molecule has 0 spiro atoms. The molecule has 7 heteroatoms. The second-order valence-corrected chi connectivity index (χ2v) is 12.2. The molecular weight excluding hydrogens is 444 g/mol. The van der Waals surface area contributed by atoms with Crippen LogP contribution in [0.5, 0.6) is 0 Å². The van der Waals surface area contributed by atoms with E-state index >= 15 is 0 Å². The maximum absolute atomic E-state index is 12.7. The minimum atomic E-state index is 0.0424. The average molecular weight is 485 g/mol. The van der Waals surface area contributed by atoms with E-state index in [4.69, 9.17) is 4.52 Å². The van der Waals surface area contributed by atoms with Crippen molar-refractivity contribution in [2.24, 2.45) is 5.92 Å². The SMILES string of the molecule is CC(C)(C)c1ccc(-c2noc(CN3CCCC(C(=O)NCCSC4CCCCC4)C3)n2)cc1. The lowest BCUT2D eigenvalue weighted by atomic mass is 9.87. The van der Waals surface area contributed by atoms with Gasteiger partial charge < -0.3 is 9.84 Å². The number of amides is 1. The number of aromatic nitrogens is 2. The van der Waals surface area contributed by atoms with Gasteiger partial charge in [0.15, 0.2) is 0 Å². The summed E-state index contributed by atoms with van der Waals surface area (Å²) in [6.07, 6.45) is 8.78. The number of thioether (sulfide) groups is 1. The van der Waals surface area contributed by atoms with E-state index < -0.39 is 0 Å². The fraction of sp³-hybridized carbons (Fsp3) is 0.667. The molecule has 0 radical (unpaired) electrons. The van der Waals surface area contributed by atoms with Gasteiger partial charge in [0.1, 0.15) is 0 Å². The first kappa shape index (κ1) is 25.2. The molecule has 1 aliphatic heterocycles. The van der Waals surface area contributed by atoms with Gasteiger partial charge in [-0.2, -0.15) is 16.7 Å². The van der Waals surface area contributed by atoms with Crippen molar-refractivity contribution in [3.8, 4) is 11.4 Å². The van der Waals surface area contributed by atoms with Crippen LogP contribution in [0.3, 0.4) is 0 Å². The van der Waals surface area contributed by atoms with Crippen LogP contribution in [0, 0.1) is 5.92 Å². The van der Waals surface area contributed by atoms with Crippen molar-refractivity contribution >= 4 is 17.7 Å². The largest absolute Gasteiger partial charge is 0.355 e. The molecule has 186 valence electrons. The van der Waals surface area contributed by atoms with Gasteiger partial charge in [0.05, 0.1) is 12.5 Å². The predicted octanol–water partition coefficient (Wildman–Crippen LogP) is 5.43. The number of rotatable bonds is 8. The Balaban J connectivity index is 1.23. The molecule has 1 aromatic carbocycles. The Kier molecular flexibility index (Phi) is 8.70. The van der Waals surface area contributed by atoms with Crippen LogP contribution in [0.1, 0.15) is 77.2 Å². The molecule has 1 aromatic heterocycles. The molecule has 4 rings (SSSR count). The van der Waals surface area contributed by atoms with E-state index in [0.717, 1.165) is 49.0 Å². The molecule has 0 bridgehead atoms. The standard InChI is InChI=1S/C27H40N4O2S/c1-27(2,3)22-13-11-20(12-14-22)25-29-24(33-30-25)19-31-16-7-8-21(18-31)26(32)28-15-17-34-23-9-5-4-6-10-23/h11-14,21,23H,4-10,15-19H2,1-3H3,(H,28,32). The highest BCUT2D eigenvalue weighted by Gasteiger charge is 2.27. The van der Waals surface area contributed by atoms with Gasteiger partial charge in [-0.15, -0.1) is 0 Å². The zero-order valence-electron chi connectivity index (χ0n) is 21.0. The molecule has 2 heterocycles. The van der Waals surface area contributed by atoms with Crippen LogP contribution in [-0.2, 0) is 16.8 Å². The summed E-state index contributed by atoms with van der Waals surface area (Å²) in [6.45, 7) is 9.69. The summed E-state index contributed by atoms with van der Waals surface area (Å²) in [7, 11) is 0. The van der Waals surface area contributed by atoms with Crippen molar-refractivity contribution in [3.05, 3.63) is 35.7 Å². The summed E-state index contributed by atoms with van der Waals surface area (Å²) in [5, 5.41) is 8.17. The van der Waals surface area contributed by atoms with E-state index in [0.29, 0.717) is 18.3 Å². The van der Waals surface area contributed by atoms with Gasteiger partial charge in [-0.25, -0.2) is 0 Å². The Morgan fingerprint density at radius 2 is 1.88 bits per heavy atom. The van der Waals surface area contributed by atoms with Crippen molar-refractivity contribution in [2.45, 2.75) is 82.9 Å². The minimum Gasteiger partial charge on any atom is -0.355 e. The lowest BCUT2D eigenvalue weighted by Gasteiger charge is -2.31. The van der Waals surface area contributed by atoms with Crippen LogP contribution < -0.4 is 5.32 Å². The second kappa shape index (κ2) is 11.7. The number of carbonyl (C=O) groups is 1. The molecule has 1 saturated heterocycles. The van der Waals surface area contributed by atoms with Gasteiger partial charge in [-0.05, 0) is 43.2 Å². The van der Waals surface area contributed by atoms with Crippen molar-refractivity contribution in [1.82, 2.24) is 20.4 Å². The fourth-order valence-corrected chi connectivity index (χ4v) is 6.16. The summed E-state index contributed by atoms with van der Waals surface area (Å²) >= 11 is 2.04. The number of hydrogen-bond donors (Lipinski definition) is 1. The monoisotopic (exact) mass is 484 g/mol. The number of benzene rings is 1. The zero-order chi connectivity index (χ0) is 24.0. The molecule has 1 atom stereocenters. The summed E-state index contributed by atoms with van der Waals surface area (Å²) in [6, 6.07) is 8.38. The van der Waals surface area contributed by atoms with Crippen molar-refractivity contribution in [1.29, 1.82) is 0 Å². The van der Waals surface area contributed by atoms with E-state index in [-0.39, 0.29) is 17.2 Å². The first-order valence-corrected chi connectivity index (χ1v) is 14.0. The van der Waals surface area contributed by atoms with Crippen molar-refractivity contribution < 1.29 is 9.32 Å². The van der Waals surface area contributed by atoms with Gasteiger partial charge >= 0.3 is 0 Å². The second-order valence-electron chi connectivity index (χ2n) is 10.8. The van der Waals surface area contributed by atoms with Gasteiger partial charge in [0.25, 0.3) is 0 Å². The van der Waals surface area contributed by atoms with E-state index in [1.54, 1.807) is 0 Å². The summed E-state index contributed by atoms with van der Waals surface area (Å²) in [5.74, 6) is 2.49. The molecular formula is C27H40N4O2S. The quantitative estimate of drug-likeness (QED) is 0.504. The maximum Gasteiger partial charge on any atom is 0.241 e. The van der Waals surface area contributed by atoms with Gasteiger partial charge in [0, 0.05) is 29.7 Å².